The SMILES string of the molecule is Cc1nccnc1N1CCNC(=O)C1CC(=O)O. The minimum atomic E-state index is -1.01. The molecule has 0 radical (unpaired) electrons. The maximum absolute atomic E-state index is 11.8. The number of carbonyl (C=O) groups is 2. The van der Waals surface area contributed by atoms with E-state index in [1.54, 1.807) is 18.0 Å². The normalized spacial score (nSPS) is 19.5. The third-order valence-electron chi connectivity index (χ3n) is 2.83. The Bertz CT molecular complexity index is 477. The van der Waals surface area contributed by atoms with E-state index in [9.17, 15) is 9.59 Å². The van der Waals surface area contributed by atoms with Crippen LogP contribution in [0.2, 0.25) is 0 Å². The quantitative estimate of drug-likeness (QED) is 0.755. The highest BCUT2D eigenvalue weighted by Gasteiger charge is 2.33. The van der Waals surface area contributed by atoms with E-state index in [1.165, 1.54) is 6.20 Å². The maximum atomic E-state index is 11.8. The summed E-state index contributed by atoms with van der Waals surface area (Å²) in [5.74, 6) is -0.726. The van der Waals surface area contributed by atoms with Crippen molar-refractivity contribution in [3.63, 3.8) is 0 Å². The molecule has 1 aliphatic heterocycles. The van der Waals surface area contributed by atoms with Gasteiger partial charge in [-0.2, -0.15) is 0 Å². The smallest absolute Gasteiger partial charge is 0.305 e. The molecule has 1 fully saturated rings. The molecule has 0 aromatic carbocycles. The highest BCUT2D eigenvalue weighted by Crippen LogP contribution is 2.20. The minimum absolute atomic E-state index is 0.248. The van der Waals surface area contributed by atoms with Gasteiger partial charge in [0.05, 0.1) is 12.1 Å². The van der Waals surface area contributed by atoms with Gasteiger partial charge < -0.3 is 15.3 Å². The van der Waals surface area contributed by atoms with Crippen LogP contribution in [0, 0.1) is 6.92 Å². The van der Waals surface area contributed by atoms with Gasteiger partial charge in [0.15, 0.2) is 5.82 Å². The van der Waals surface area contributed by atoms with Crippen LogP contribution >= 0.6 is 0 Å². The number of carboxylic acids is 1. The largest absolute Gasteiger partial charge is 0.481 e. The van der Waals surface area contributed by atoms with Gasteiger partial charge in [0.25, 0.3) is 0 Å². The fraction of sp³-hybridized carbons (Fsp3) is 0.455. The zero-order chi connectivity index (χ0) is 13.1. The molecule has 18 heavy (non-hydrogen) atoms. The fourth-order valence-corrected chi connectivity index (χ4v) is 2.02. The summed E-state index contributed by atoms with van der Waals surface area (Å²) in [7, 11) is 0. The molecule has 0 bridgehead atoms. The Balaban J connectivity index is 2.31. The van der Waals surface area contributed by atoms with Gasteiger partial charge >= 0.3 is 5.97 Å². The summed E-state index contributed by atoms with van der Waals surface area (Å²) in [6, 6.07) is -0.730. The van der Waals surface area contributed by atoms with Crippen LogP contribution in [0.3, 0.4) is 0 Å². The number of nitrogens with one attached hydrogen (secondary N) is 1. The molecule has 0 aliphatic carbocycles. The molecule has 0 spiro atoms. The zero-order valence-electron chi connectivity index (χ0n) is 9.96. The third kappa shape index (κ3) is 2.39. The first-order valence-electron chi connectivity index (χ1n) is 5.63. The molecule has 2 rings (SSSR count). The Morgan fingerprint density at radius 3 is 2.94 bits per heavy atom. The monoisotopic (exact) mass is 250 g/mol. The van der Waals surface area contributed by atoms with E-state index in [2.05, 4.69) is 15.3 Å². The second kappa shape index (κ2) is 4.99. The Labute approximate surface area is 104 Å². The topological polar surface area (TPSA) is 95.4 Å². The van der Waals surface area contributed by atoms with Gasteiger partial charge in [-0.25, -0.2) is 4.98 Å². The third-order valence-corrected chi connectivity index (χ3v) is 2.83. The van der Waals surface area contributed by atoms with E-state index in [1.807, 2.05) is 0 Å². The summed E-state index contributed by atoms with van der Waals surface area (Å²) in [5, 5.41) is 11.5. The van der Waals surface area contributed by atoms with Gasteiger partial charge in [0.1, 0.15) is 6.04 Å². The van der Waals surface area contributed by atoms with Crippen molar-refractivity contribution >= 4 is 17.7 Å². The molecule has 1 amide bonds. The minimum Gasteiger partial charge on any atom is -0.481 e. The number of hydrogen-bond acceptors (Lipinski definition) is 5. The highest BCUT2D eigenvalue weighted by atomic mass is 16.4. The average molecular weight is 250 g/mol. The molecule has 7 nitrogen and oxygen atoms in total. The lowest BCUT2D eigenvalue weighted by atomic mass is 10.1. The number of hydrogen-bond donors (Lipinski definition) is 2. The molecule has 2 heterocycles. The summed E-state index contributed by atoms with van der Waals surface area (Å²) >= 11 is 0. The molecule has 2 N–H and O–H groups in total. The Hall–Kier alpha value is -2.18. The van der Waals surface area contributed by atoms with Gasteiger partial charge in [-0.1, -0.05) is 0 Å². The average Bonchev–Trinajstić information content (AvgIpc) is 2.32. The number of aliphatic carboxylic acids is 1. The number of carbonyl (C=O) groups excluding carboxylic acids is 1. The first-order chi connectivity index (χ1) is 8.59. The summed E-state index contributed by atoms with van der Waals surface area (Å²) < 4.78 is 0. The van der Waals surface area contributed by atoms with Crippen LogP contribution in [-0.4, -0.2) is 46.1 Å². The predicted octanol–water partition coefficient (Wildman–Crippen LogP) is -0.435. The van der Waals surface area contributed by atoms with E-state index in [0.29, 0.717) is 24.6 Å². The van der Waals surface area contributed by atoms with Crippen LogP contribution in [0.25, 0.3) is 0 Å². The van der Waals surface area contributed by atoms with Crippen molar-refractivity contribution in [1.29, 1.82) is 0 Å². The van der Waals surface area contributed by atoms with Gasteiger partial charge in [-0.3, -0.25) is 14.6 Å². The van der Waals surface area contributed by atoms with E-state index in [4.69, 9.17) is 5.11 Å². The van der Waals surface area contributed by atoms with Crippen LogP contribution in [0.4, 0.5) is 5.82 Å². The predicted molar refractivity (Wildman–Crippen MR) is 63.2 cm³/mol. The lowest BCUT2D eigenvalue weighted by Crippen LogP contribution is -2.56. The fourth-order valence-electron chi connectivity index (χ4n) is 2.02. The summed E-state index contributed by atoms with van der Waals surface area (Å²) in [4.78, 5) is 32.6. The van der Waals surface area contributed by atoms with Crippen LogP contribution in [0.1, 0.15) is 12.1 Å². The first kappa shape index (κ1) is 12.3. The molecule has 1 unspecified atom stereocenters. The van der Waals surface area contributed by atoms with Crippen LogP contribution in [0.15, 0.2) is 12.4 Å². The molecule has 1 aromatic heterocycles. The number of anilines is 1. The Kier molecular flexibility index (Phi) is 3.40. The molecule has 1 aliphatic rings. The Morgan fingerprint density at radius 1 is 1.56 bits per heavy atom. The van der Waals surface area contributed by atoms with Crippen LogP contribution in [0.5, 0.6) is 0 Å². The number of rotatable bonds is 3. The van der Waals surface area contributed by atoms with Crippen molar-refractivity contribution in [2.75, 3.05) is 18.0 Å². The second-order valence-corrected chi connectivity index (χ2v) is 4.06. The molecular weight excluding hydrogens is 236 g/mol. The zero-order valence-corrected chi connectivity index (χ0v) is 9.96. The first-order valence-corrected chi connectivity index (χ1v) is 5.63. The number of aromatic nitrogens is 2. The standard InChI is InChI=1S/C11H14N4O3/c1-7-10(13-3-2-12-7)15-5-4-14-11(18)8(15)6-9(16)17/h2-3,8H,4-6H2,1H3,(H,14,18)(H,16,17). The van der Waals surface area contributed by atoms with Gasteiger partial charge in [0.2, 0.25) is 5.91 Å². The molecule has 7 heteroatoms. The van der Waals surface area contributed by atoms with Crippen LogP contribution in [-0.2, 0) is 9.59 Å². The molecule has 96 valence electrons. The van der Waals surface area contributed by atoms with Crippen molar-refractivity contribution in [2.45, 2.75) is 19.4 Å². The molecular formula is C11H14N4O3. The molecule has 1 atom stereocenters. The Morgan fingerprint density at radius 2 is 2.28 bits per heavy atom. The maximum Gasteiger partial charge on any atom is 0.305 e. The van der Waals surface area contributed by atoms with E-state index < -0.39 is 12.0 Å². The van der Waals surface area contributed by atoms with Crippen molar-refractivity contribution in [1.82, 2.24) is 15.3 Å². The van der Waals surface area contributed by atoms with E-state index >= 15 is 0 Å². The number of nitrogens with zero attached hydrogens (tertiary/aromatic N) is 3. The van der Waals surface area contributed by atoms with Crippen LogP contribution < -0.4 is 10.2 Å². The summed E-state index contributed by atoms with van der Waals surface area (Å²) in [6.07, 6.45) is 2.85. The van der Waals surface area contributed by atoms with Crippen molar-refractivity contribution in [3.8, 4) is 0 Å². The summed E-state index contributed by atoms with van der Waals surface area (Å²) in [5.41, 5.74) is 0.683. The molecule has 0 saturated carbocycles. The number of piperazine rings is 1. The molecule has 1 aromatic rings. The second-order valence-electron chi connectivity index (χ2n) is 4.06. The summed E-state index contributed by atoms with van der Waals surface area (Å²) in [6.45, 7) is 2.79. The number of aryl methyl sites for hydroxylation is 1. The van der Waals surface area contributed by atoms with Crippen molar-refractivity contribution < 1.29 is 14.7 Å². The van der Waals surface area contributed by atoms with E-state index in [0.717, 1.165) is 0 Å². The molecule has 1 saturated heterocycles. The van der Waals surface area contributed by atoms with Gasteiger partial charge in [-0.05, 0) is 6.92 Å². The van der Waals surface area contributed by atoms with Gasteiger partial charge in [0, 0.05) is 25.5 Å². The number of carboxylic acid groups (broad SMARTS) is 1. The lowest BCUT2D eigenvalue weighted by molar-refractivity contribution is -0.139. The highest BCUT2D eigenvalue weighted by molar-refractivity contribution is 5.90. The van der Waals surface area contributed by atoms with E-state index in [-0.39, 0.29) is 12.3 Å². The lowest BCUT2D eigenvalue weighted by Gasteiger charge is -2.35. The van der Waals surface area contributed by atoms with Gasteiger partial charge in [-0.15, -0.1) is 0 Å². The number of amides is 1. The van der Waals surface area contributed by atoms with Crippen molar-refractivity contribution in [2.24, 2.45) is 0 Å². The van der Waals surface area contributed by atoms with Crippen molar-refractivity contribution in [3.05, 3.63) is 18.1 Å².